The van der Waals surface area contributed by atoms with Crippen LogP contribution in [0.15, 0.2) is 46.1 Å². The molecule has 0 fully saturated rings. The van der Waals surface area contributed by atoms with Gasteiger partial charge in [-0.05, 0) is 24.3 Å². The van der Waals surface area contributed by atoms with Crippen LogP contribution >= 0.6 is 0 Å². The smallest absolute Gasteiger partial charge is 0.262 e. The average Bonchev–Trinajstić information content (AvgIpc) is 2.81. The molecule has 0 unspecified atom stereocenters. The second kappa shape index (κ2) is 5.11. The second-order valence-electron chi connectivity index (χ2n) is 3.72. The third kappa shape index (κ3) is 3.32. The molecule has 2 N–H and O–H groups in total. The molecular weight excluding hydrogens is 270 g/mol. The quantitative estimate of drug-likeness (QED) is 0.882. The molecule has 0 spiro atoms. The predicted molar refractivity (Wildman–Crippen MR) is 68.1 cm³/mol. The molecule has 1 aromatic carbocycles. The van der Waals surface area contributed by atoms with Crippen LogP contribution in [0.5, 0.6) is 0 Å². The summed E-state index contributed by atoms with van der Waals surface area (Å²) in [4.78, 5) is 10.9. The Kier molecular flexibility index (Phi) is 3.52. The van der Waals surface area contributed by atoms with Gasteiger partial charge in [0.25, 0.3) is 10.0 Å². The Balaban J connectivity index is 2.19. The van der Waals surface area contributed by atoms with Crippen molar-refractivity contribution < 1.29 is 17.7 Å². The van der Waals surface area contributed by atoms with Gasteiger partial charge in [0.15, 0.2) is 0 Å². The fourth-order valence-corrected chi connectivity index (χ4v) is 2.41. The molecule has 0 atom stereocenters. The van der Waals surface area contributed by atoms with E-state index in [4.69, 9.17) is 0 Å². The first-order valence-electron chi connectivity index (χ1n) is 5.27. The third-order valence-electron chi connectivity index (χ3n) is 2.17. The number of carbonyl (C=O) groups excluding carboxylic acids is 1. The zero-order valence-electron chi connectivity index (χ0n) is 9.95. The van der Waals surface area contributed by atoms with Crippen LogP contribution in [0.1, 0.15) is 6.92 Å². The summed E-state index contributed by atoms with van der Waals surface area (Å²) >= 11 is 0. The minimum Gasteiger partial charge on any atom is -0.362 e. The van der Waals surface area contributed by atoms with Gasteiger partial charge in [-0.15, -0.1) is 0 Å². The topological polar surface area (TPSA) is 101 Å². The van der Waals surface area contributed by atoms with E-state index < -0.39 is 10.0 Å². The van der Waals surface area contributed by atoms with Gasteiger partial charge in [-0.25, -0.2) is 8.42 Å². The zero-order chi connectivity index (χ0) is 13.9. The second-order valence-corrected chi connectivity index (χ2v) is 5.41. The molecule has 100 valence electrons. The van der Waals surface area contributed by atoms with Gasteiger partial charge in [0.2, 0.25) is 5.91 Å². The molecular formula is C11H11N3O4S. The minimum atomic E-state index is -3.69. The maximum absolute atomic E-state index is 12.0. The molecule has 0 bridgehead atoms. The number of benzene rings is 1. The maximum atomic E-state index is 12.0. The third-order valence-corrected chi connectivity index (χ3v) is 3.57. The highest BCUT2D eigenvalue weighted by molar-refractivity contribution is 7.92. The van der Waals surface area contributed by atoms with E-state index >= 15 is 0 Å². The van der Waals surface area contributed by atoms with Crippen molar-refractivity contribution in [1.29, 1.82) is 0 Å². The standard InChI is InChI=1S/C11H11N3O4S/c1-8(15)13-9-2-4-11(5-3-9)19(16,17)14-10-6-12-18-7-10/h2-7,14H,1H3,(H,13,15). The maximum Gasteiger partial charge on any atom is 0.262 e. The predicted octanol–water partition coefficient (Wildman–Crippen LogP) is 1.43. The van der Waals surface area contributed by atoms with E-state index in [0.29, 0.717) is 5.69 Å². The van der Waals surface area contributed by atoms with Crippen molar-refractivity contribution in [2.75, 3.05) is 10.0 Å². The van der Waals surface area contributed by atoms with E-state index in [9.17, 15) is 13.2 Å². The average molecular weight is 281 g/mol. The molecule has 19 heavy (non-hydrogen) atoms. The van der Waals surface area contributed by atoms with E-state index in [1.807, 2.05) is 0 Å². The summed E-state index contributed by atoms with van der Waals surface area (Å²) in [5.74, 6) is -0.224. The van der Waals surface area contributed by atoms with Gasteiger partial charge in [-0.1, -0.05) is 5.16 Å². The van der Waals surface area contributed by atoms with Crippen LogP contribution in [0.3, 0.4) is 0 Å². The first kappa shape index (κ1) is 13.1. The van der Waals surface area contributed by atoms with Crippen LogP contribution in [0.2, 0.25) is 0 Å². The van der Waals surface area contributed by atoms with Crippen molar-refractivity contribution in [2.24, 2.45) is 0 Å². The van der Waals surface area contributed by atoms with Gasteiger partial charge in [0.05, 0.1) is 11.1 Å². The Bertz CT molecular complexity index is 662. The molecule has 1 amide bonds. The summed E-state index contributed by atoms with van der Waals surface area (Å²) in [6, 6.07) is 5.79. The SMILES string of the molecule is CC(=O)Nc1ccc(S(=O)(=O)Nc2cnoc2)cc1. The fourth-order valence-electron chi connectivity index (χ4n) is 1.39. The van der Waals surface area contributed by atoms with E-state index in [-0.39, 0.29) is 16.5 Å². The highest BCUT2D eigenvalue weighted by atomic mass is 32.2. The number of amides is 1. The monoisotopic (exact) mass is 281 g/mol. The molecule has 0 saturated carbocycles. The van der Waals surface area contributed by atoms with Gasteiger partial charge >= 0.3 is 0 Å². The lowest BCUT2D eigenvalue weighted by molar-refractivity contribution is -0.114. The summed E-state index contributed by atoms with van der Waals surface area (Å²) in [6.07, 6.45) is 2.44. The Hall–Kier alpha value is -2.35. The normalized spacial score (nSPS) is 11.0. The van der Waals surface area contributed by atoms with Gasteiger partial charge < -0.3 is 9.84 Å². The van der Waals surface area contributed by atoms with Crippen LogP contribution in [-0.2, 0) is 14.8 Å². The van der Waals surface area contributed by atoms with Gasteiger partial charge in [-0.3, -0.25) is 9.52 Å². The Morgan fingerprint density at radius 2 is 1.89 bits per heavy atom. The Labute approximate surface area is 109 Å². The van der Waals surface area contributed by atoms with Crippen molar-refractivity contribution in [2.45, 2.75) is 11.8 Å². The van der Waals surface area contributed by atoms with Gasteiger partial charge in [-0.2, -0.15) is 0 Å². The van der Waals surface area contributed by atoms with Crippen LogP contribution < -0.4 is 10.0 Å². The highest BCUT2D eigenvalue weighted by Crippen LogP contribution is 2.17. The van der Waals surface area contributed by atoms with Gasteiger partial charge in [0, 0.05) is 12.6 Å². The molecule has 0 radical (unpaired) electrons. The number of aromatic nitrogens is 1. The van der Waals surface area contributed by atoms with E-state index in [2.05, 4.69) is 19.7 Å². The Morgan fingerprint density at radius 3 is 2.42 bits per heavy atom. The lowest BCUT2D eigenvalue weighted by atomic mass is 10.3. The summed E-state index contributed by atoms with van der Waals surface area (Å²) in [5, 5.41) is 5.95. The van der Waals surface area contributed by atoms with Crippen molar-refractivity contribution in [1.82, 2.24) is 5.16 Å². The van der Waals surface area contributed by atoms with E-state index in [1.165, 1.54) is 43.6 Å². The van der Waals surface area contributed by atoms with Crippen LogP contribution in [-0.4, -0.2) is 19.5 Å². The van der Waals surface area contributed by atoms with Crippen molar-refractivity contribution in [3.8, 4) is 0 Å². The van der Waals surface area contributed by atoms with Crippen LogP contribution in [0.25, 0.3) is 0 Å². The number of anilines is 2. The molecule has 0 saturated heterocycles. The molecule has 8 heteroatoms. The lowest BCUT2D eigenvalue weighted by Crippen LogP contribution is -2.12. The van der Waals surface area contributed by atoms with Crippen molar-refractivity contribution >= 4 is 27.3 Å². The van der Waals surface area contributed by atoms with Crippen LogP contribution in [0, 0.1) is 0 Å². The number of sulfonamides is 1. The first-order valence-corrected chi connectivity index (χ1v) is 6.75. The minimum absolute atomic E-state index is 0.0720. The van der Waals surface area contributed by atoms with E-state index in [0.717, 1.165) is 0 Å². The molecule has 1 heterocycles. The number of rotatable bonds is 4. The largest absolute Gasteiger partial charge is 0.362 e. The van der Waals surface area contributed by atoms with Crippen molar-refractivity contribution in [3.63, 3.8) is 0 Å². The van der Waals surface area contributed by atoms with Gasteiger partial charge in [0.1, 0.15) is 12.0 Å². The molecule has 0 aliphatic rings. The molecule has 2 rings (SSSR count). The molecule has 1 aromatic heterocycles. The number of hydrogen-bond acceptors (Lipinski definition) is 5. The van der Waals surface area contributed by atoms with Crippen LogP contribution in [0.4, 0.5) is 11.4 Å². The first-order chi connectivity index (χ1) is 8.97. The summed E-state index contributed by atoms with van der Waals surface area (Å²) in [6.45, 7) is 1.37. The molecule has 0 aliphatic carbocycles. The summed E-state index contributed by atoms with van der Waals surface area (Å²) < 4.78 is 30.8. The molecule has 7 nitrogen and oxygen atoms in total. The summed E-state index contributed by atoms with van der Waals surface area (Å²) in [7, 11) is -3.69. The zero-order valence-corrected chi connectivity index (χ0v) is 10.8. The summed E-state index contributed by atoms with van der Waals surface area (Å²) in [5.41, 5.74) is 0.766. The number of carbonyl (C=O) groups is 1. The fraction of sp³-hybridized carbons (Fsp3) is 0.0909. The highest BCUT2D eigenvalue weighted by Gasteiger charge is 2.14. The lowest BCUT2D eigenvalue weighted by Gasteiger charge is -2.06. The number of hydrogen-bond donors (Lipinski definition) is 2. The Morgan fingerprint density at radius 1 is 1.21 bits per heavy atom. The molecule has 0 aliphatic heterocycles. The molecule has 2 aromatic rings. The van der Waals surface area contributed by atoms with Crippen molar-refractivity contribution in [3.05, 3.63) is 36.7 Å². The number of nitrogens with zero attached hydrogens (tertiary/aromatic N) is 1. The number of nitrogens with one attached hydrogen (secondary N) is 2. The van der Waals surface area contributed by atoms with E-state index in [1.54, 1.807) is 0 Å².